The third-order valence-electron chi connectivity index (χ3n) is 4.64. The van der Waals surface area contributed by atoms with E-state index in [0.717, 1.165) is 9.13 Å². The first kappa shape index (κ1) is 23.5. The minimum atomic E-state index is -0.582. The lowest BCUT2D eigenvalue weighted by Gasteiger charge is -2.14. The number of carbonyl (C=O) groups is 1. The smallest absolute Gasteiger partial charge is 0.363 e. The molecule has 5 nitrogen and oxygen atoms in total. The zero-order chi connectivity index (χ0) is 23.5. The topological polar surface area (TPSA) is 57.1 Å². The number of hydrogen-bond donors (Lipinski definition) is 0. The Hall–Kier alpha value is -2.62. The number of halogens is 4. The first-order valence-corrected chi connectivity index (χ1v) is 11.4. The molecule has 33 heavy (non-hydrogen) atoms. The Balaban J connectivity index is 1.59. The average Bonchev–Trinajstić information content (AvgIpc) is 3.15. The maximum Gasteiger partial charge on any atom is 0.363 e. The maximum atomic E-state index is 13.1. The molecule has 0 aromatic heterocycles. The lowest BCUT2D eigenvalue weighted by molar-refractivity contribution is -0.129. The number of hydrogen-bond acceptors (Lipinski definition) is 5. The van der Waals surface area contributed by atoms with Gasteiger partial charge in [-0.25, -0.2) is 14.2 Å². The lowest BCUT2D eigenvalue weighted by atomic mass is 10.1. The fourth-order valence-electron chi connectivity index (χ4n) is 3.02. The summed E-state index contributed by atoms with van der Waals surface area (Å²) in [6.45, 7) is 0.247. The van der Waals surface area contributed by atoms with Crippen LogP contribution in [0.4, 0.5) is 4.39 Å². The molecule has 0 aliphatic carbocycles. The number of rotatable bonds is 6. The SMILES string of the molecule is COc1cc(/C=C2\N=C(c3ccc(Cl)c(Cl)c3)OC2=O)cc(I)c1OCc1ccc(F)cc1. The molecule has 4 rings (SSSR count). The van der Waals surface area contributed by atoms with E-state index < -0.39 is 5.97 Å². The minimum Gasteiger partial charge on any atom is -0.493 e. The van der Waals surface area contributed by atoms with Crippen molar-refractivity contribution in [1.29, 1.82) is 0 Å². The van der Waals surface area contributed by atoms with Crippen molar-refractivity contribution >= 4 is 63.7 Å². The first-order chi connectivity index (χ1) is 15.8. The van der Waals surface area contributed by atoms with Crippen LogP contribution in [0.3, 0.4) is 0 Å². The zero-order valence-corrected chi connectivity index (χ0v) is 20.7. The predicted octanol–water partition coefficient (Wildman–Crippen LogP) is 6.67. The number of methoxy groups -OCH3 is 1. The number of aliphatic imine (C=N–C) groups is 1. The van der Waals surface area contributed by atoms with E-state index in [-0.39, 0.29) is 24.0 Å². The van der Waals surface area contributed by atoms with Crippen molar-refractivity contribution < 1.29 is 23.4 Å². The summed E-state index contributed by atoms with van der Waals surface area (Å²) in [5, 5.41) is 0.727. The van der Waals surface area contributed by atoms with Crippen LogP contribution in [0.2, 0.25) is 10.0 Å². The highest BCUT2D eigenvalue weighted by molar-refractivity contribution is 14.1. The Labute approximate surface area is 212 Å². The van der Waals surface area contributed by atoms with Crippen molar-refractivity contribution in [3.8, 4) is 11.5 Å². The minimum absolute atomic E-state index is 0.133. The molecule has 3 aromatic rings. The molecule has 0 spiro atoms. The van der Waals surface area contributed by atoms with Crippen molar-refractivity contribution in [2.24, 2.45) is 4.99 Å². The van der Waals surface area contributed by atoms with E-state index in [1.54, 1.807) is 42.5 Å². The Kier molecular flexibility index (Phi) is 7.21. The molecule has 9 heteroatoms. The van der Waals surface area contributed by atoms with Crippen molar-refractivity contribution in [2.75, 3.05) is 7.11 Å². The van der Waals surface area contributed by atoms with Gasteiger partial charge >= 0.3 is 5.97 Å². The third-order valence-corrected chi connectivity index (χ3v) is 6.18. The summed E-state index contributed by atoms with van der Waals surface area (Å²) < 4.78 is 30.6. The predicted molar refractivity (Wildman–Crippen MR) is 134 cm³/mol. The number of carbonyl (C=O) groups excluding carboxylic acids is 1. The van der Waals surface area contributed by atoms with Crippen molar-refractivity contribution in [3.63, 3.8) is 0 Å². The molecule has 0 N–H and O–H groups in total. The molecule has 3 aromatic carbocycles. The van der Waals surface area contributed by atoms with E-state index in [2.05, 4.69) is 27.6 Å². The molecular formula is C24H15Cl2FINO4. The summed E-state index contributed by atoms with van der Waals surface area (Å²) in [5.74, 6) is 0.278. The summed E-state index contributed by atoms with van der Waals surface area (Å²) in [7, 11) is 1.53. The molecule has 0 unspecified atom stereocenters. The van der Waals surface area contributed by atoms with Gasteiger partial charge in [0.2, 0.25) is 5.90 Å². The number of esters is 1. The van der Waals surface area contributed by atoms with Gasteiger partial charge in [-0.15, -0.1) is 0 Å². The summed E-state index contributed by atoms with van der Waals surface area (Å²) in [6, 6.07) is 14.5. The summed E-state index contributed by atoms with van der Waals surface area (Å²) in [4.78, 5) is 16.7. The van der Waals surface area contributed by atoms with E-state index in [4.69, 9.17) is 37.4 Å². The van der Waals surface area contributed by atoms with Crippen LogP contribution in [0.15, 0.2) is 65.3 Å². The molecule has 1 heterocycles. The van der Waals surface area contributed by atoms with Crippen molar-refractivity contribution in [3.05, 3.63) is 96.4 Å². The first-order valence-electron chi connectivity index (χ1n) is 9.57. The zero-order valence-electron chi connectivity index (χ0n) is 17.1. The molecule has 0 amide bonds. The fraction of sp³-hybridized carbons (Fsp3) is 0.0833. The van der Waals surface area contributed by atoms with Crippen LogP contribution in [0.1, 0.15) is 16.7 Å². The second kappa shape index (κ2) is 10.1. The van der Waals surface area contributed by atoms with Gasteiger partial charge in [0.1, 0.15) is 12.4 Å². The molecule has 0 bridgehead atoms. The molecular weight excluding hydrogens is 583 g/mol. The summed E-state index contributed by atoms with van der Waals surface area (Å²) in [5.41, 5.74) is 2.17. The van der Waals surface area contributed by atoms with Crippen LogP contribution >= 0.6 is 45.8 Å². The highest BCUT2D eigenvalue weighted by atomic mass is 127. The van der Waals surface area contributed by atoms with Gasteiger partial charge in [0.25, 0.3) is 0 Å². The standard InChI is InChI=1S/C24H15Cl2FINO4/c1-31-21-10-14(8-19(28)22(21)32-12-13-2-5-16(27)6-3-13)9-20-24(30)33-23(29-20)15-4-7-17(25)18(26)11-15/h2-11H,12H2,1H3/b20-9-. The maximum absolute atomic E-state index is 13.1. The van der Waals surface area contributed by atoms with Gasteiger partial charge < -0.3 is 14.2 Å². The van der Waals surface area contributed by atoms with Crippen LogP contribution in [-0.4, -0.2) is 19.0 Å². The molecule has 1 aliphatic heterocycles. The molecule has 1 aliphatic rings. The van der Waals surface area contributed by atoms with Gasteiger partial charge in [0.05, 0.1) is 20.7 Å². The van der Waals surface area contributed by atoms with Crippen LogP contribution in [0.5, 0.6) is 11.5 Å². The average molecular weight is 598 g/mol. The monoisotopic (exact) mass is 597 g/mol. The van der Waals surface area contributed by atoms with E-state index in [0.29, 0.717) is 32.7 Å². The Morgan fingerprint density at radius 1 is 1.09 bits per heavy atom. The Bertz CT molecular complexity index is 1290. The number of benzene rings is 3. The van der Waals surface area contributed by atoms with Crippen molar-refractivity contribution in [2.45, 2.75) is 6.61 Å². The number of nitrogens with zero attached hydrogens (tertiary/aromatic N) is 1. The summed E-state index contributed by atoms with van der Waals surface area (Å²) >= 11 is 14.1. The van der Waals surface area contributed by atoms with E-state index in [1.807, 2.05) is 6.07 Å². The highest BCUT2D eigenvalue weighted by Gasteiger charge is 2.25. The van der Waals surface area contributed by atoms with Gasteiger partial charge in [-0.1, -0.05) is 35.3 Å². The van der Waals surface area contributed by atoms with Crippen LogP contribution < -0.4 is 9.47 Å². The van der Waals surface area contributed by atoms with Gasteiger partial charge in [-0.05, 0) is 82.3 Å². The fourth-order valence-corrected chi connectivity index (χ4v) is 4.10. The molecule has 168 valence electrons. The van der Waals surface area contributed by atoms with Crippen LogP contribution in [0.25, 0.3) is 6.08 Å². The molecule has 0 radical (unpaired) electrons. The lowest BCUT2D eigenvalue weighted by Crippen LogP contribution is -2.05. The second-order valence-electron chi connectivity index (χ2n) is 6.91. The quantitative estimate of drug-likeness (QED) is 0.181. The normalized spacial score (nSPS) is 14.3. The van der Waals surface area contributed by atoms with E-state index in [9.17, 15) is 9.18 Å². The second-order valence-corrected chi connectivity index (χ2v) is 8.89. The summed E-state index contributed by atoms with van der Waals surface area (Å²) in [6.07, 6.45) is 1.60. The molecule has 0 saturated heterocycles. The molecule has 0 atom stereocenters. The Morgan fingerprint density at radius 3 is 2.55 bits per heavy atom. The van der Waals surface area contributed by atoms with E-state index >= 15 is 0 Å². The van der Waals surface area contributed by atoms with Gasteiger partial charge in [0, 0.05) is 5.56 Å². The van der Waals surface area contributed by atoms with Crippen LogP contribution in [0, 0.1) is 9.39 Å². The number of ether oxygens (including phenoxy) is 3. The van der Waals surface area contributed by atoms with Crippen LogP contribution in [-0.2, 0) is 16.1 Å². The Morgan fingerprint density at radius 2 is 1.85 bits per heavy atom. The molecule has 0 fully saturated rings. The third kappa shape index (κ3) is 5.48. The van der Waals surface area contributed by atoms with Crippen molar-refractivity contribution in [1.82, 2.24) is 0 Å². The highest BCUT2D eigenvalue weighted by Crippen LogP contribution is 2.36. The van der Waals surface area contributed by atoms with Gasteiger partial charge in [0.15, 0.2) is 17.2 Å². The molecule has 0 saturated carbocycles. The van der Waals surface area contributed by atoms with E-state index in [1.165, 1.54) is 19.2 Å². The van der Waals surface area contributed by atoms with Gasteiger partial charge in [-0.3, -0.25) is 0 Å². The largest absolute Gasteiger partial charge is 0.493 e. The number of cyclic esters (lactones) is 1. The van der Waals surface area contributed by atoms with Gasteiger partial charge in [-0.2, -0.15) is 0 Å².